The summed E-state index contributed by atoms with van der Waals surface area (Å²) < 4.78 is 31.9. The lowest BCUT2D eigenvalue weighted by atomic mass is 9.94. The van der Waals surface area contributed by atoms with Gasteiger partial charge in [0.15, 0.2) is 11.6 Å². The normalized spacial score (nSPS) is 17.1. The van der Waals surface area contributed by atoms with Crippen molar-refractivity contribution in [2.75, 3.05) is 13.1 Å². The Bertz CT molecular complexity index is 1010. The van der Waals surface area contributed by atoms with Gasteiger partial charge in [-0.1, -0.05) is 11.2 Å². The molecule has 30 heavy (non-hydrogen) atoms. The molecule has 1 amide bonds. The maximum atomic E-state index is 13.5. The van der Waals surface area contributed by atoms with Gasteiger partial charge in [0.05, 0.1) is 5.69 Å². The number of nitrogens with zero attached hydrogens (tertiary/aromatic N) is 3. The molecule has 1 aromatic carbocycles. The van der Waals surface area contributed by atoms with Crippen LogP contribution in [0.2, 0.25) is 0 Å². The van der Waals surface area contributed by atoms with Crippen molar-refractivity contribution in [3.8, 4) is 0 Å². The first-order valence-electron chi connectivity index (χ1n) is 9.88. The summed E-state index contributed by atoms with van der Waals surface area (Å²) in [6, 6.07) is 9.34. The zero-order chi connectivity index (χ0) is 20.9. The minimum Gasteiger partial charge on any atom is -0.351 e. The standard InChI is InChI=1S/C22H22F2N4O2/c23-18-4-3-16(10-19(18)24)13-28-9-1-2-17(14-28)20-11-21(30-27-20)22(29)26-12-15-5-7-25-8-6-15/h3-8,10-11,17H,1-2,9,12-14H2,(H,26,29). The van der Waals surface area contributed by atoms with Gasteiger partial charge in [-0.2, -0.15) is 0 Å². The third-order valence-electron chi connectivity index (χ3n) is 5.27. The molecule has 1 fully saturated rings. The van der Waals surface area contributed by atoms with E-state index < -0.39 is 11.6 Å². The Hall–Kier alpha value is -3.13. The molecule has 0 aliphatic carbocycles. The highest BCUT2D eigenvalue weighted by atomic mass is 19.2. The molecule has 0 spiro atoms. The topological polar surface area (TPSA) is 71.3 Å². The number of rotatable bonds is 6. The number of piperidine rings is 1. The quantitative estimate of drug-likeness (QED) is 0.669. The monoisotopic (exact) mass is 412 g/mol. The van der Waals surface area contributed by atoms with Crippen LogP contribution in [0.5, 0.6) is 0 Å². The van der Waals surface area contributed by atoms with Gasteiger partial charge in [0, 0.05) is 44.0 Å². The molecular weight excluding hydrogens is 390 g/mol. The Kier molecular flexibility index (Phi) is 6.13. The van der Waals surface area contributed by atoms with Crippen LogP contribution in [0.15, 0.2) is 53.3 Å². The van der Waals surface area contributed by atoms with Crippen LogP contribution in [-0.2, 0) is 13.1 Å². The van der Waals surface area contributed by atoms with Crippen molar-refractivity contribution in [3.05, 3.63) is 83.0 Å². The van der Waals surface area contributed by atoms with Gasteiger partial charge in [-0.25, -0.2) is 8.78 Å². The van der Waals surface area contributed by atoms with E-state index in [1.807, 2.05) is 12.1 Å². The number of likely N-dealkylation sites (tertiary alicyclic amines) is 1. The highest BCUT2D eigenvalue weighted by Gasteiger charge is 2.25. The van der Waals surface area contributed by atoms with E-state index in [9.17, 15) is 13.6 Å². The lowest BCUT2D eigenvalue weighted by Gasteiger charge is -2.31. The molecule has 1 atom stereocenters. The Morgan fingerprint density at radius 1 is 1.13 bits per heavy atom. The van der Waals surface area contributed by atoms with Crippen molar-refractivity contribution in [1.29, 1.82) is 0 Å². The molecule has 1 aliphatic rings. The van der Waals surface area contributed by atoms with Gasteiger partial charge < -0.3 is 9.84 Å². The molecule has 2 aromatic heterocycles. The minimum atomic E-state index is -0.840. The average Bonchev–Trinajstić information content (AvgIpc) is 3.26. The van der Waals surface area contributed by atoms with Crippen LogP contribution >= 0.6 is 0 Å². The van der Waals surface area contributed by atoms with Crippen LogP contribution in [0.1, 0.15) is 46.1 Å². The summed E-state index contributed by atoms with van der Waals surface area (Å²) in [4.78, 5) is 18.5. The second-order valence-electron chi connectivity index (χ2n) is 7.48. The molecule has 3 heterocycles. The maximum Gasteiger partial charge on any atom is 0.290 e. The number of nitrogens with one attached hydrogen (secondary N) is 1. The summed E-state index contributed by atoms with van der Waals surface area (Å²) in [6.45, 7) is 2.49. The molecule has 0 bridgehead atoms. The summed E-state index contributed by atoms with van der Waals surface area (Å²) in [5.74, 6) is -1.70. The highest BCUT2D eigenvalue weighted by Crippen LogP contribution is 2.27. The van der Waals surface area contributed by atoms with E-state index in [4.69, 9.17) is 4.52 Å². The Morgan fingerprint density at radius 2 is 1.97 bits per heavy atom. The Morgan fingerprint density at radius 3 is 2.77 bits per heavy atom. The van der Waals surface area contributed by atoms with E-state index in [1.165, 1.54) is 6.07 Å². The molecule has 6 nitrogen and oxygen atoms in total. The zero-order valence-corrected chi connectivity index (χ0v) is 16.4. The van der Waals surface area contributed by atoms with Gasteiger partial charge in [0.1, 0.15) is 0 Å². The minimum absolute atomic E-state index is 0.120. The number of amides is 1. The number of aromatic nitrogens is 2. The first kappa shape index (κ1) is 20.2. The van der Waals surface area contributed by atoms with Crippen molar-refractivity contribution in [2.24, 2.45) is 0 Å². The number of hydrogen-bond acceptors (Lipinski definition) is 5. The summed E-state index contributed by atoms with van der Waals surface area (Å²) >= 11 is 0. The van der Waals surface area contributed by atoms with Crippen LogP contribution in [0.3, 0.4) is 0 Å². The molecule has 4 rings (SSSR count). The molecule has 1 unspecified atom stereocenters. The lowest BCUT2D eigenvalue weighted by molar-refractivity contribution is 0.0913. The summed E-state index contributed by atoms with van der Waals surface area (Å²) in [6.07, 6.45) is 5.22. The smallest absolute Gasteiger partial charge is 0.290 e. The van der Waals surface area contributed by atoms with Gasteiger partial charge in [0.25, 0.3) is 5.91 Å². The van der Waals surface area contributed by atoms with Crippen LogP contribution in [0.4, 0.5) is 8.78 Å². The van der Waals surface area contributed by atoms with Crippen molar-refractivity contribution in [3.63, 3.8) is 0 Å². The van der Waals surface area contributed by atoms with Gasteiger partial charge in [-0.15, -0.1) is 0 Å². The van der Waals surface area contributed by atoms with E-state index in [2.05, 4.69) is 20.4 Å². The molecule has 1 saturated heterocycles. The van der Waals surface area contributed by atoms with E-state index in [-0.39, 0.29) is 17.6 Å². The van der Waals surface area contributed by atoms with Gasteiger partial charge >= 0.3 is 0 Å². The van der Waals surface area contributed by atoms with Crippen molar-refractivity contribution < 1.29 is 18.1 Å². The van der Waals surface area contributed by atoms with Crippen molar-refractivity contribution in [2.45, 2.75) is 31.8 Å². The van der Waals surface area contributed by atoms with Crippen LogP contribution in [-0.4, -0.2) is 34.0 Å². The van der Waals surface area contributed by atoms with E-state index >= 15 is 0 Å². The number of pyridine rings is 1. The van der Waals surface area contributed by atoms with Gasteiger partial charge in [0.2, 0.25) is 5.76 Å². The first-order valence-corrected chi connectivity index (χ1v) is 9.88. The molecule has 8 heteroatoms. The molecule has 0 radical (unpaired) electrons. The summed E-state index contributed by atoms with van der Waals surface area (Å²) in [7, 11) is 0. The van der Waals surface area contributed by atoms with Crippen molar-refractivity contribution >= 4 is 5.91 Å². The number of carbonyl (C=O) groups excluding carboxylic acids is 1. The third kappa shape index (κ3) is 4.88. The van der Waals surface area contributed by atoms with Crippen LogP contribution in [0.25, 0.3) is 0 Å². The molecular formula is C22H22F2N4O2. The molecule has 156 valence electrons. The predicted octanol–water partition coefficient (Wildman–Crippen LogP) is 3.66. The predicted molar refractivity (Wildman–Crippen MR) is 106 cm³/mol. The molecule has 1 N–H and O–H groups in total. The fourth-order valence-corrected chi connectivity index (χ4v) is 3.70. The largest absolute Gasteiger partial charge is 0.351 e. The molecule has 1 aliphatic heterocycles. The Labute approximate surface area is 172 Å². The van der Waals surface area contributed by atoms with E-state index in [1.54, 1.807) is 24.5 Å². The number of benzene rings is 1. The summed E-state index contributed by atoms with van der Waals surface area (Å²) in [5, 5.41) is 6.91. The van der Waals surface area contributed by atoms with E-state index in [0.29, 0.717) is 19.6 Å². The maximum absolute atomic E-state index is 13.5. The summed E-state index contributed by atoms with van der Waals surface area (Å²) in [5.41, 5.74) is 2.41. The SMILES string of the molecule is O=C(NCc1ccncc1)c1cc(C2CCCN(Cc3ccc(F)c(F)c3)C2)no1. The highest BCUT2D eigenvalue weighted by molar-refractivity contribution is 5.91. The van der Waals surface area contributed by atoms with Gasteiger partial charge in [-0.3, -0.25) is 14.7 Å². The third-order valence-corrected chi connectivity index (χ3v) is 5.27. The Balaban J connectivity index is 1.35. The second-order valence-corrected chi connectivity index (χ2v) is 7.48. The van der Waals surface area contributed by atoms with Gasteiger partial charge in [-0.05, 0) is 54.8 Å². The van der Waals surface area contributed by atoms with Crippen molar-refractivity contribution in [1.82, 2.24) is 20.4 Å². The lowest BCUT2D eigenvalue weighted by Crippen LogP contribution is -2.34. The zero-order valence-electron chi connectivity index (χ0n) is 16.4. The fraction of sp³-hybridized carbons (Fsp3) is 0.318. The second kappa shape index (κ2) is 9.13. The average molecular weight is 412 g/mol. The number of halogens is 2. The molecule has 0 saturated carbocycles. The van der Waals surface area contributed by atoms with Crippen LogP contribution in [0, 0.1) is 11.6 Å². The number of hydrogen-bond donors (Lipinski definition) is 1. The first-order chi connectivity index (χ1) is 14.6. The molecule has 3 aromatic rings. The fourth-order valence-electron chi connectivity index (χ4n) is 3.70. The van der Waals surface area contributed by atoms with Crippen LogP contribution < -0.4 is 5.32 Å². The van der Waals surface area contributed by atoms with E-state index in [0.717, 1.165) is 42.3 Å². The number of carbonyl (C=O) groups is 1.